The van der Waals surface area contributed by atoms with Crippen molar-refractivity contribution in [3.8, 4) is 12.1 Å². The third-order valence-corrected chi connectivity index (χ3v) is 5.23. The van der Waals surface area contributed by atoms with Gasteiger partial charge in [-0.05, 0) is 28.8 Å². The minimum atomic E-state index is -1.81. The fourth-order valence-corrected chi connectivity index (χ4v) is 4.06. The molecular formula is C21H13N3O2. The van der Waals surface area contributed by atoms with E-state index in [-0.39, 0.29) is 17.8 Å². The predicted molar refractivity (Wildman–Crippen MR) is 94.5 cm³/mol. The van der Waals surface area contributed by atoms with E-state index in [0.29, 0.717) is 16.8 Å². The molecule has 5 nitrogen and oxygen atoms in total. The molecule has 0 bridgehead atoms. The van der Waals surface area contributed by atoms with Crippen molar-refractivity contribution < 1.29 is 9.59 Å². The maximum absolute atomic E-state index is 13.1. The van der Waals surface area contributed by atoms with Crippen LogP contribution in [0, 0.1) is 28.1 Å². The summed E-state index contributed by atoms with van der Waals surface area (Å²) in [7, 11) is 0. The number of anilines is 1. The summed E-state index contributed by atoms with van der Waals surface area (Å²) in [5.41, 5.74) is -1.47. The number of nitriles is 2. The maximum atomic E-state index is 13.1. The van der Waals surface area contributed by atoms with E-state index in [2.05, 4.69) is 17.5 Å². The highest BCUT2D eigenvalue weighted by Crippen LogP contribution is 2.58. The summed E-state index contributed by atoms with van der Waals surface area (Å²) in [6.07, 6.45) is 1.12. The molecule has 0 radical (unpaired) electrons. The lowest BCUT2D eigenvalue weighted by Gasteiger charge is -2.41. The van der Waals surface area contributed by atoms with E-state index in [0.717, 1.165) is 0 Å². The quantitative estimate of drug-likeness (QED) is 0.864. The predicted octanol–water partition coefficient (Wildman–Crippen LogP) is 2.97. The van der Waals surface area contributed by atoms with E-state index in [1.807, 2.05) is 6.07 Å². The lowest BCUT2D eigenvalue weighted by Crippen LogP contribution is -2.53. The van der Waals surface area contributed by atoms with E-state index < -0.39 is 16.7 Å². The van der Waals surface area contributed by atoms with Crippen molar-refractivity contribution in [1.29, 1.82) is 10.5 Å². The third-order valence-electron chi connectivity index (χ3n) is 5.23. The van der Waals surface area contributed by atoms with Crippen LogP contribution in [0.2, 0.25) is 0 Å². The van der Waals surface area contributed by atoms with Crippen molar-refractivity contribution in [2.75, 3.05) is 5.32 Å². The van der Waals surface area contributed by atoms with Crippen molar-refractivity contribution in [3.05, 3.63) is 71.8 Å². The van der Waals surface area contributed by atoms with Gasteiger partial charge in [0.25, 0.3) is 0 Å². The highest BCUT2D eigenvalue weighted by atomic mass is 16.2. The number of benzene rings is 2. The first-order valence-electron chi connectivity index (χ1n) is 8.13. The molecule has 1 amide bonds. The molecule has 1 aliphatic heterocycles. The fourth-order valence-electron chi connectivity index (χ4n) is 4.06. The number of carbonyl (C=O) groups excluding carboxylic acids is 2. The third kappa shape index (κ3) is 1.77. The highest BCUT2D eigenvalue weighted by molar-refractivity contribution is 6.16. The van der Waals surface area contributed by atoms with Crippen molar-refractivity contribution in [2.24, 2.45) is 5.41 Å². The van der Waals surface area contributed by atoms with E-state index >= 15 is 0 Å². The number of amides is 1. The van der Waals surface area contributed by atoms with Gasteiger partial charge >= 0.3 is 0 Å². The van der Waals surface area contributed by atoms with Gasteiger partial charge in [0.05, 0.1) is 12.1 Å². The molecule has 1 aliphatic carbocycles. The first-order chi connectivity index (χ1) is 12.6. The van der Waals surface area contributed by atoms with Gasteiger partial charge in [0.15, 0.2) is 11.2 Å². The molecule has 124 valence electrons. The topological polar surface area (TPSA) is 93.8 Å². The Morgan fingerprint density at radius 2 is 1.58 bits per heavy atom. The van der Waals surface area contributed by atoms with Crippen LogP contribution < -0.4 is 5.32 Å². The molecular weight excluding hydrogens is 326 g/mol. The Kier molecular flexibility index (Phi) is 3.29. The first-order valence-corrected chi connectivity index (χ1v) is 8.13. The molecule has 1 spiro atoms. The summed E-state index contributed by atoms with van der Waals surface area (Å²) in [6, 6.07) is 19.9. The molecule has 4 rings (SSSR count). The Morgan fingerprint density at radius 3 is 2.27 bits per heavy atom. The van der Waals surface area contributed by atoms with Crippen LogP contribution in [-0.4, -0.2) is 11.7 Å². The molecule has 0 saturated heterocycles. The molecule has 0 unspecified atom stereocenters. The minimum absolute atomic E-state index is 0.215. The normalized spacial score (nSPS) is 22.8. The molecule has 1 N–H and O–H groups in total. The number of nitrogens with zero attached hydrogens (tertiary/aromatic N) is 2. The summed E-state index contributed by atoms with van der Waals surface area (Å²) in [4.78, 5) is 25.7. The van der Waals surface area contributed by atoms with Gasteiger partial charge in [0.1, 0.15) is 5.41 Å². The number of hydrogen-bond donors (Lipinski definition) is 1. The van der Waals surface area contributed by atoms with Gasteiger partial charge < -0.3 is 5.32 Å². The molecule has 0 saturated carbocycles. The number of nitrogens with one attached hydrogen (secondary N) is 1. The van der Waals surface area contributed by atoms with E-state index in [1.165, 1.54) is 6.08 Å². The Hall–Kier alpha value is -3.70. The molecule has 2 aromatic rings. The molecule has 2 aromatic carbocycles. The van der Waals surface area contributed by atoms with Crippen LogP contribution in [0.15, 0.2) is 60.7 Å². The van der Waals surface area contributed by atoms with Crippen LogP contribution in [0.4, 0.5) is 5.69 Å². The number of allylic oxidation sites excluding steroid dienone is 2. The largest absolute Gasteiger partial charge is 0.325 e. The zero-order valence-electron chi connectivity index (χ0n) is 13.7. The monoisotopic (exact) mass is 339 g/mol. The SMILES string of the molecule is N#CC1(C#N)C(c2ccccc2)=CC(=O)C[C@]12C(=O)Nc1ccccc12. The summed E-state index contributed by atoms with van der Waals surface area (Å²) in [5, 5.41) is 23.0. The maximum Gasteiger partial charge on any atom is 0.238 e. The van der Waals surface area contributed by atoms with Gasteiger partial charge in [-0.25, -0.2) is 0 Å². The summed E-state index contributed by atoms with van der Waals surface area (Å²) in [5.74, 6) is -0.770. The number of ketones is 1. The van der Waals surface area contributed by atoms with Gasteiger partial charge in [0.2, 0.25) is 5.91 Å². The number of rotatable bonds is 1. The number of para-hydroxylation sites is 1. The van der Waals surface area contributed by atoms with Crippen LogP contribution in [0.5, 0.6) is 0 Å². The highest BCUT2D eigenvalue weighted by Gasteiger charge is 2.66. The lowest BCUT2D eigenvalue weighted by atomic mass is 9.53. The van der Waals surface area contributed by atoms with Gasteiger partial charge in [-0.3, -0.25) is 9.59 Å². The van der Waals surface area contributed by atoms with Crippen molar-refractivity contribution in [1.82, 2.24) is 0 Å². The van der Waals surface area contributed by atoms with E-state index in [1.54, 1.807) is 48.5 Å². The Balaban J connectivity index is 2.09. The smallest absolute Gasteiger partial charge is 0.238 e. The molecule has 0 fully saturated rings. The zero-order valence-corrected chi connectivity index (χ0v) is 13.7. The summed E-state index contributed by atoms with van der Waals surface area (Å²) < 4.78 is 0. The standard InChI is InChI=1S/C21H13N3O2/c22-12-20(13-23)17(14-6-2-1-3-7-14)10-15(25)11-21(20)16-8-4-5-9-18(16)24-19(21)26/h1-10H,11H2,(H,24,26)/t21-/m0/s1. The van der Waals surface area contributed by atoms with Crippen molar-refractivity contribution in [3.63, 3.8) is 0 Å². The molecule has 1 atom stereocenters. The second-order valence-corrected chi connectivity index (χ2v) is 6.45. The minimum Gasteiger partial charge on any atom is -0.325 e. The van der Waals surface area contributed by atoms with Crippen LogP contribution in [0.1, 0.15) is 17.5 Å². The fraction of sp³-hybridized carbons (Fsp3) is 0.143. The van der Waals surface area contributed by atoms with Gasteiger partial charge in [0, 0.05) is 12.1 Å². The van der Waals surface area contributed by atoms with Crippen LogP contribution >= 0.6 is 0 Å². The second-order valence-electron chi connectivity index (χ2n) is 6.45. The number of fused-ring (bicyclic) bond motifs is 2. The van der Waals surface area contributed by atoms with E-state index in [4.69, 9.17) is 0 Å². The second kappa shape index (κ2) is 5.40. The number of carbonyl (C=O) groups is 2. The van der Waals surface area contributed by atoms with Crippen LogP contribution in [0.3, 0.4) is 0 Å². The zero-order chi connectivity index (χ0) is 18.4. The Morgan fingerprint density at radius 1 is 0.923 bits per heavy atom. The molecule has 1 heterocycles. The van der Waals surface area contributed by atoms with Crippen molar-refractivity contribution in [2.45, 2.75) is 11.8 Å². The van der Waals surface area contributed by atoms with Gasteiger partial charge in [-0.1, -0.05) is 48.5 Å². The molecule has 5 heteroatoms. The number of hydrogen-bond acceptors (Lipinski definition) is 4. The van der Waals surface area contributed by atoms with E-state index in [9.17, 15) is 20.1 Å². The summed E-state index contributed by atoms with van der Waals surface area (Å²) in [6.45, 7) is 0. The lowest BCUT2D eigenvalue weighted by molar-refractivity contribution is -0.127. The molecule has 2 aliphatic rings. The van der Waals surface area contributed by atoms with Crippen molar-refractivity contribution >= 4 is 23.0 Å². The van der Waals surface area contributed by atoms with Gasteiger partial charge in [-0.2, -0.15) is 10.5 Å². The molecule has 0 aromatic heterocycles. The molecule has 26 heavy (non-hydrogen) atoms. The van der Waals surface area contributed by atoms with Crippen LogP contribution in [0.25, 0.3) is 5.57 Å². The average molecular weight is 339 g/mol. The van der Waals surface area contributed by atoms with Crippen LogP contribution in [-0.2, 0) is 15.0 Å². The average Bonchev–Trinajstić information content (AvgIpc) is 2.95. The first kappa shape index (κ1) is 15.8. The Labute approximate surface area is 150 Å². The summed E-state index contributed by atoms with van der Waals surface area (Å²) >= 11 is 0. The van der Waals surface area contributed by atoms with Gasteiger partial charge in [-0.15, -0.1) is 0 Å². The Bertz CT molecular complexity index is 1040.